The van der Waals surface area contributed by atoms with Crippen molar-refractivity contribution in [2.45, 2.75) is 19.7 Å². The van der Waals surface area contributed by atoms with Crippen LogP contribution in [0.1, 0.15) is 19.4 Å². The molecule has 17 heavy (non-hydrogen) atoms. The quantitative estimate of drug-likeness (QED) is 0.436. The SMILES string of the molecule is CCOCCN(CC)c1ncnc(Cl)c1CCl. The summed E-state index contributed by atoms with van der Waals surface area (Å²) >= 11 is 11.9. The topological polar surface area (TPSA) is 38.2 Å². The number of alkyl halides is 1. The fourth-order valence-corrected chi connectivity index (χ4v) is 2.01. The normalized spacial score (nSPS) is 10.6. The number of hydrogen-bond donors (Lipinski definition) is 0. The Balaban J connectivity index is 2.83. The Morgan fingerprint density at radius 1 is 1.35 bits per heavy atom. The van der Waals surface area contributed by atoms with E-state index in [-0.39, 0.29) is 0 Å². The van der Waals surface area contributed by atoms with Gasteiger partial charge in [0.1, 0.15) is 17.3 Å². The van der Waals surface area contributed by atoms with Crippen LogP contribution in [0, 0.1) is 0 Å². The first kappa shape index (κ1) is 14.5. The zero-order valence-electron chi connectivity index (χ0n) is 10.1. The van der Waals surface area contributed by atoms with Gasteiger partial charge in [-0.2, -0.15) is 0 Å². The molecule has 6 heteroatoms. The Morgan fingerprint density at radius 3 is 2.71 bits per heavy atom. The van der Waals surface area contributed by atoms with Crippen LogP contribution in [0.2, 0.25) is 5.15 Å². The van der Waals surface area contributed by atoms with Crippen molar-refractivity contribution in [3.8, 4) is 0 Å². The van der Waals surface area contributed by atoms with Crippen LogP contribution >= 0.6 is 23.2 Å². The van der Waals surface area contributed by atoms with Crippen molar-refractivity contribution >= 4 is 29.0 Å². The van der Waals surface area contributed by atoms with E-state index in [0.29, 0.717) is 24.2 Å². The van der Waals surface area contributed by atoms with E-state index >= 15 is 0 Å². The van der Waals surface area contributed by atoms with Gasteiger partial charge in [-0.05, 0) is 13.8 Å². The average molecular weight is 278 g/mol. The second-order valence-electron chi connectivity index (χ2n) is 3.38. The van der Waals surface area contributed by atoms with Crippen molar-refractivity contribution in [1.29, 1.82) is 0 Å². The van der Waals surface area contributed by atoms with Crippen molar-refractivity contribution in [3.63, 3.8) is 0 Å². The molecule has 1 aromatic rings. The smallest absolute Gasteiger partial charge is 0.138 e. The first-order valence-corrected chi connectivity index (χ1v) is 6.53. The van der Waals surface area contributed by atoms with Gasteiger partial charge >= 0.3 is 0 Å². The number of halogens is 2. The van der Waals surface area contributed by atoms with E-state index in [1.54, 1.807) is 0 Å². The van der Waals surface area contributed by atoms with Gasteiger partial charge in [0.05, 0.1) is 12.5 Å². The summed E-state index contributed by atoms with van der Waals surface area (Å²) in [7, 11) is 0. The van der Waals surface area contributed by atoms with E-state index in [9.17, 15) is 0 Å². The molecular formula is C11H17Cl2N3O. The molecule has 0 radical (unpaired) electrons. The Kier molecular flexibility index (Phi) is 6.55. The van der Waals surface area contributed by atoms with Crippen molar-refractivity contribution < 1.29 is 4.74 Å². The lowest BCUT2D eigenvalue weighted by molar-refractivity contribution is 0.154. The van der Waals surface area contributed by atoms with E-state index in [1.807, 2.05) is 6.92 Å². The molecule has 0 atom stereocenters. The van der Waals surface area contributed by atoms with E-state index in [2.05, 4.69) is 21.8 Å². The second-order valence-corrected chi connectivity index (χ2v) is 4.00. The molecule has 0 aliphatic rings. The lowest BCUT2D eigenvalue weighted by atomic mass is 10.3. The summed E-state index contributed by atoms with van der Waals surface area (Å²) in [5.41, 5.74) is 0.772. The van der Waals surface area contributed by atoms with Gasteiger partial charge in [0.2, 0.25) is 0 Å². The van der Waals surface area contributed by atoms with Crippen molar-refractivity contribution in [1.82, 2.24) is 9.97 Å². The summed E-state index contributed by atoms with van der Waals surface area (Å²) in [4.78, 5) is 10.3. The Hall–Kier alpha value is -0.580. The summed E-state index contributed by atoms with van der Waals surface area (Å²) in [6.45, 7) is 6.99. The number of ether oxygens (including phenoxy) is 1. The van der Waals surface area contributed by atoms with Crippen LogP contribution in [0.5, 0.6) is 0 Å². The van der Waals surface area contributed by atoms with Gasteiger partial charge in [-0.25, -0.2) is 9.97 Å². The molecule has 1 rings (SSSR count). The van der Waals surface area contributed by atoms with Crippen molar-refractivity contribution in [2.75, 3.05) is 31.2 Å². The zero-order valence-corrected chi connectivity index (χ0v) is 11.6. The van der Waals surface area contributed by atoms with Gasteiger partial charge in [0, 0.05) is 25.3 Å². The third kappa shape index (κ3) is 3.98. The molecule has 0 saturated carbocycles. The largest absolute Gasteiger partial charge is 0.380 e. The molecule has 1 heterocycles. The molecule has 0 bridgehead atoms. The molecule has 0 spiro atoms. The van der Waals surface area contributed by atoms with E-state index in [1.165, 1.54) is 6.33 Å². The predicted molar refractivity (Wildman–Crippen MR) is 71.0 cm³/mol. The molecule has 96 valence electrons. The summed E-state index contributed by atoms with van der Waals surface area (Å²) in [6.07, 6.45) is 1.46. The average Bonchev–Trinajstić information content (AvgIpc) is 2.34. The molecule has 0 amide bonds. The van der Waals surface area contributed by atoms with Crippen LogP contribution < -0.4 is 4.90 Å². The molecule has 0 fully saturated rings. The van der Waals surface area contributed by atoms with Gasteiger partial charge in [0.15, 0.2) is 0 Å². The third-order valence-corrected chi connectivity index (χ3v) is 2.99. The first-order valence-electron chi connectivity index (χ1n) is 5.62. The van der Waals surface area contributed by atoms with Crippen LogP contribution in [0.3, 0.4) is 0 Å². The fraction of sp³-hybridized carbons (Fsp3) is 0.636. The van der Waals surface area contributed by atoms with Crippen LogP contribution in [-0.4, -0.2) is 36.3 Å². The Morgan fingerprint density at radius 2 is 2.12 bits per heavy atom. The summed E-state index contributed by atoms with van der Waals surface area (Å²) in [6, 6.07) is 0. The number of aromatic nitrogens is 2. The maximum atomic E-state index is 6.00. The number of nitrogens with zero attached hydrogens (tertiary/aromatic N) is 3. The standard InChI is InChI=1S/C11H17Cl2N3O/c1-3-16(5-6-17-4-2)11-9(7-12)10(13)14-8-15-11/h8H,3-7H2,1-2H3. The number of anilines is 1. The molecule has 0 aromatic carbocycles. The van der Waals surface area contributed by atoms with Crippen LogP contribution in [0.4, 0.5) is 5.82 Å². The van der Waals surface area contributed by atoms with E-state index in [4.69, 9.17) is 27.9 Å². The molecule has 0 aliphatic carbocycles. The highest BCUT2D eigenvalue weighted by atomic mass is 35.5. The van der Waals surface area contributed by atoms with E-state index in [0.717, 1.165) is 24.5 Å². The lowest BCUT2D eigenvalue weighted by Crippen LogP contribution is -2.29. The fourth-order valence-electron chi connectivity index (χ4n) is 1.50. The summed E-state index contributed by atoms with van der Waals surface area (Å²) < 4.78 is 5.34. The first-order chi connectivity index (χ1) is 8.24. The summed E-state index contributed by atoms with van der Waals surface area (Å²) in [5.74, 6) is 1.10. The molecule has 0 saturated heterocycles. The highest BCUT2D eigenvalue weighted by Gasteiger charge is 2.14. The Labute approximate surface area is 112 Å². The third-order valence-electron chi connectivity index (χ3n) is 2.39. The van der Waals surface area contributed by atoms with Crippen molar-refractivity contribution in [2.24, 2.45) is 0 Å². The van der Waals surface area contributed by atoms with Crippen LogP contribution in [0.15, 0.2) is 6.33 Å². The molecular weight excluding hydrogens is 261 g/mol. The second kappa shape index (κ2) is 7.69. The Bertz CT molecular complexity index is 349. The minimum Gasteiger partial charge on any atom is -0.380 e. The van der Waals surface area contributed by atoms with Gasteiger partial charge in [-0.3, -0.25) is 0 Å². The molecule has 1 aromatic heterocycles. The zero-order chi connectivity index (χ0) is 12.7. The van der Waals surface area contributed by atoms with Crippen molar-refractivity contribution in [3.05, 3.63) is 17.0 Å². The number of rotatable bonds is 7. The van der Waals surface area contributed by atoms with Gasteiger partial charge < -0.3 is 9.64 Å². The highest BCUT2D eigenvalue weighted by Crippen LogP contribution is 2.24. The van der Waals surface area contributed by atoms with Crippen LogP contribution in [-0.2, 0) is 10.6 Å². The predicted octanol–water partition coefficient (Wildman–Crippen LogP) is 2.73. The number of likely N-dealkylation sites (N-methyl/N-ethyl adjacent to an activating group) is 1. The van der Waals surface area contributed by atoms with Gasteiger partial charge in [-0.15, -0.1) is 11.6 Å². The van der Waals surface area contributed by atoms with Gasteiger partial charge in [0.25, 0.3) is 0 Å². The monoisotopic (exact) mass is 277 g/mol. The lowest BCUT2D eigenvalue weighted by Gasteiger charge is -2.23. The van der Waals surface area contributed by atoms with Gasteiger partial charge in [-0.1, -0.05) is 11.6 Å². The highest BCUT2D eigenvalue weighted by molar-refractivity contribution is 6.31. The summed E-state index contributed by atoms with van der Waals surface area (Å²) in [5, 5.41) is 0.417. The molecule has 0 aliphatic heterocycles. The molecule has 4 nitrogen and oxygen atoms in total. The van der Waals surface area contributed by atoms with E-state index < -0.39 is 0 Å². The maximum Gasteiger partial charge on any atom is 0.138 e. The molecule has 0 unspecified atom stereocenters. The number of hydrogen-bond acceptors (Lipinski definition) is 4. The van der Waals surface area contributed by atoms with Crippen LogP contribution in [0.25, 0.3) is 0 Å². The molecule has 0 N–H and O–H groups in total. The minimum atomic E-state index is 0.306. The maximum absolute atomic E-state index is 6.00. The minimum absolute atomic E-state index is 0.306.